The van der Waals surface area contributed by atoms with Crippen molar-refractivity contribution < 1.29 is 27.1 Å². The van der Waals surface area contributed by atoms with Crippen molar-refractivity contribution in [2.24, 2.45) is 0 Å². The van der Waals surface area contributed by atoms with E-state index in [1.807, 2.05) is 6.07 Å². The minimum Gasteiger partial charge on any atom is -0.486 e. The first-order valence-corrected chi connectivity index (χ1v) is 9.59. The van der Waals surface area contributed by atoms with Crippen molar-refractivity contribution in [3.63, 3.8) is 0 Å². The van der Waals surface area contributed by atoms with Crippen molar-refractivity contribution in [2.45, 2.75) is 12.8 Å². The van der Waals surface area contributed by atoms with E-state index >= 15 is 0 Å². The van der Waals surface area contributed by atoms with E-state index in [4.69, 9.17) is 26.0 Å². The number of carbonyl (C=O) groups excluding carboxylic acids is 1. The molecule has 1 amide bonds. The van der Waals surface area contributed by atoms with Gasteiger partial charge >= 0.3 is 6.18 Å². The topological polar surface area (TPSA) is 99.0 Å². The number of nitriles is 2. The lowest BCUT2D eigenvalue weighted by atomic mass is 10.1. The van der Waals surface area contributed by atoms with Crippen LogP contribution in [0.15, 0.2) is 64.6 Å². The SMILES string of the molecule is N#CC(=Cc1ccc(COc2ccc(C#N)cc2)o1)C(=O)Nc1cc(C(F)(F)F)ccc1Cl. The Morgan fingerprint density at radius 3 is 2.48 bits per heavy atom. The maximum absolute atomic E-state index is 12.9. The summed E-state index contributed by atoms with van der Waals surface area (Å²) in [5.74, 6) is 0.113. The number of hydrogen-bond donors (Lipinski definition) is 1. The van der Waals surface area contributed by atoms with Crippen LogP contribution in [-0.2, 0) is 17.6 Å². The highest BCUT2D eigenvalue weighted by molar-refractivity contribution is 6.34. The molecule has 0 aliphatic heterocycles. The fourth-order valence-corrected chi connectivity index (χ4v) is 2.77. The number of amides is 1. The van der Waals surface area contributed by atoms with E-state index in [1.165, 1.54) is 6.07 Å². The summed E-state index contributed by atoms with van der Waals surface area (Å²) in [5.41, 5.74) is -1.20. The minimum absolute atomic E-state index is 0.0493. The summed E-state index contributed by atoms with van der Waals surface area (Å²) >= 11 is 5.87. The van der Waals surface area contributed by atoms with E-state index < -0.39 is 23.2 Å². The molecule has 0 saturated carbocycles. The molecule has 10 heteroatoms. The monoisotopic (exact) mass is 471 g/mol. The lowest BCUT2D eigenvalue weighted by molar-refractivity contribution is -0.137. The fraction of sp³-hybridized carbons (Fsp3) is 0.0870. The van der Waals surface area contributed by atoms with Crippen molar-refractivity contribution >= 4 is 29.3 Å². The molecule has 0 aliphatic rings. The van der Waals surface area contributed by atoms with Gasteiger partial charge in [0.15, 0.2) is 0 Å². The zero-order valence-electron chi connectivity index (χ0n) is 16.6. The third kappa shape index (κ3) is 6.16. The summed E-state index contributed by atoms with van der Waals surface area (Å²) < 4.78 is 49.8. The molecule has 33 heavy (non-hydrogen) atoms. The van der Waals surface area contributed by atoms with Crippen LogP contribution in [0.1, 0.15) is 22.6 Å². The molecule has 1 heterocycles. The van der Waals surface area contributed by atoms with E-state index in [2.05, 4.69) is 5.32 Å². The third-order valence-corrected chi connectivity index (χ3v) is 4.57. The number of alkyl halides is 3. The van der Waals surface area contributed by atoms with Gasteiger partial charge in [-0.25, -0.2) is 0 Å². The summed E-state index contributed by atoms with van der Waals surface area (Å²) in [4.78, 5) is 12.4. The van der Waals surface area contributed by atoms with Crippen LogP contribution in [0.2, 0.25) is 5.02 Å². The fourth-order valence-electron chi connectivity index (χ4n) is 2.61. The van der Waals surface area contributed by atoms with Crippen molar-refractivity contribution in [3.05, 3.63) is 87.8 Å². The number of carbonyl (C=O) groups is 1. The summed E-state index contributed by atoms with van der Waals surface area (Å²) in [6.45, 7) is 0.0493. The normalized spacial score (nSPS) is 11.4. The summed E-state index contributed by atoms with van der Waals surface area (Å²) in [5, 5.41) is 20.2. The molecular formula is C23H13ClF3N3O3. The van der Waals surface area contributed by atoms with Crippen molar-refractivity contribution in [1.29, 1.82) is 10.5 Å². The zero-order chi connectivity index (χ0) is 24.0. The van der Waals surface area contributed by atoms with Gasteiger partial charge in [-0.05, 0) is 54.6 Å². The number of hydrogen-bond acceptors (Lipinski definition) is 5. The molecule has 6 nitrogen and oxygen atoms in total. The number of ether oxygens (including phenoxy) is 1. The molecule has 1 N–H and O–H groups in total. The molecule has 1 aromatic heterocycles. The molecule has 0 saturated heterocycles. The predicted octanol–water partition coefficient (Wildman–Crippen LogP) is 5.95. The molecule has 0 radical (unpaired) electrons. The first-order valence-electron chi connectivity index (χ1n) is 9.21. The number of halogens is 4. The Morgan fingerprint density at radius 1 is 1.12 bits per heavy atom. The van der Waals surface area contributed by atoms with Crippen LogP contribution in [0, 0.1) is 22.7 Å². The van der Waals surface area contributed by atoms with E-state index in [1.54, 1.807) is 36.4 Å². The van der Waals surface area contributed by atoms with Gasteiger partial charge in [-0.15, -0.1) is 0 Å². The molecule has 0 aliphatic carbocycles. The number of anilines is 1. The Labute approximate surface area is 191 Å². The third-order valence-electron chi connectivity index (χ3n) is 4.24. The van der Waals surface area contributed by atoms with Crippen molar-refractivity contribution in [2.75, 3.05) is 5.32 Å². The number of rotatable bonds is 6. The average Bonchev–Trinajstić information content (AvgIpc) is 3.24. The van der Waals surface area contributed by atoms with Crippen LogP contribution in [0.3, 0.4) is 0 Å². The predicted molar refractivity (Wildman–Crippen MR) is 113 cm³/mol. The highest BCUT2D eigenvalue weighted by atomic mass is 35.5. The van der Waals surface area contributed by atoms with Crippen LogP contribution in [0.5, 0.6) is 5.75 Å². The Morgan fingerprint density at radius 2 is 1.85 bits per heavy atom. The molecule has 0 fully saturated rings. The van der Waals surface area contributed by atoms with Gasteiger partial charge in [-0.1, -0.05) is 11.6 Å². The number of nitrogens with one attached hydrogen (secondary N) is 1. The lowest BCUT2D eigenvalue weighted by Gasteiger charge is -2.11. The van der Waals surface area contributed by atoms with Gasteiger partial charge in [-0.3, -0.25) is 4.79 Å². The molecule has 0 spiro atoms. The Kier molecular flexibility index (Phi) is 7.07. The van der Waals surface area contributed by atoms with Gasteiger partial charge in [0, 0.05) is 6.08 Å². The first-order chi connectivity index (χ1) is 15.7. The van der Waals surface area contributed by atoms with Gasteiger partial charge in [0.25, 0.3) is 5.91 Å². The van der Waals surface area contributed by atoms with E-state index in [-0.39, 0.29) is 23.1 Å². The Bertz CT molecular complexity index is 1280. The van der Waals surface area contributed by atoms with Crippen LogP contribution in [0.4, 0.5) is 18.9 Å². The highest BCUT2D eigenvalue weighted by Gasteiger charge is 2.31. The average molecular weight is 472 g/mol. The maximum atomic E-state index is 12.9. The lowest BCUT2D eigenvalue weighted by Crippen LogP contribution is -2.15. The quantitative estimate of drug-likeness (QED) is 0.354. The number of furan rings is 1. The molecule has 0 bridgehead atoms. The molecule has 3 aromatic rings. The van der Waals surface area contributed by atoms with E-state index in [9.17, 15) is 23.2 Å². The molecule has 0 atom stereocenters. The van der Waals surface area contributed by atoms with Gasteiger partial charge in [0.05, 0.1) is 27.9 Å². The first kappa shape index (κ1) is 23.5. The smallest absolute Gasteiger partial charge is 0.416 e. The van der Waals surface area contributed by atoms with Crippen molar-refractivity contribution in [1.82, 2.24) is 0 Å². The van der Waals surface area contributed by atoms with Crippen LogP contribution in [-0.4, -0.2) is 5.91 Å². The van der Waals surface area contributed by atoms with Gasteiger partial charge in [0.2, 0.25) is 0 Å². The Hall–Kier alpha value is -4.21. The van der Waals surface area contributed by atoms with Crippen molar-refractivity contribution in [3.8, 4) is 17.9 Å². The minimum atomic E-state index is -4.62. The van der Waals surface area contributed by atoms with Crippen LogP contribution >= 0.6 is 11.6 Å². The number of benzene rings is 2. The van der Waals surface area contributed by atoms with Gasteiger partial charge in [0.1, 0.15) is 35.5 Å². The van der Waals surface area contributed by atoms with Crippen LogP contribution in [0.25, 0.3) is 6.08 Å². The summed E-state index contributed by atoms with van der Waals surface area (Å²) in [6.07, 6.45) is -3.48. The molecule has 0 unspecified atom stereocenters. The molecule has 2 aromatic carbocycles. The second-order valence-corrected chi connectivity index (χ2v) is 6.95. The second kappa shape index (κ2) is 9.94. The second-order valence-electron chi connectivity index (χ2n) is 6.55. The highest BCUT2D eigenvalue weighted by Crippen LogP contribution is 2.34. The van der Waals surface area contributed by atoms with E-state index in [0.29, 0.717) is 23.1 Å². The van der Waals surface area contributed by atoms with E-state index in [0.717, 1.165) is 18.2 Å². The summed E-state index contributed by atoms with van der Waals surface area (Å²) in [7, 11) is 0. The molecule has 3 rings (SSSR count). The number of nitrogens with zero attached hydrogens (tertiary/aromatic N) is 2. The molecule has 166 valence electrons. The van der Waals surface area contributed by atoms with Gasteiger partial charge < -0.3 is 14.5 Å². The standard InChI is InChI=1S/C23H13ClF3N3O3/c24-20-8-3-16(23(25,26)27)10-21(20)30-22(31)15(12-29)9-18-6-7-19(33-18)13-32-17-4-1-14(11-28)2-5-17/h1-10H,13H2,(H,30,31). The zero-order valence-corrected chi connectivity index (χ0v) is 17.4. The largest absolute Gasteiger partial charge is 0.486 e. The molecular weight excluding hydrogens is 459 g/mol. The van der Waals surface area contributed by atoms with Crippen LogP contribution < -0.4 is 10.1 Å². The summed E-state index contributed by atoms with van der Waals surface area (Å²) in [6, 6.07) is 15.7. The van der Waals surface area contributed by atoms with Gasteiger partial charge in [-0.2, -0.15) is 23.7 Å². The Balaban J connectivity index is 1.69. The maximum Gasteiger partial charge on any atom is 0.416 e.